The molecule has 0 saturated heterocycles. The van der Waals surface area contributed by atoms with Crippen LogP contribution in [0, 0.1) is 5.92 Å². The molecule has 0 spiro atoms. The SMILES string of the molecule is CC(C)CCCCCCCCCCCCCCC(=O)OC(C)(CC(C)O)C(=O)[O-].[Na+]. The maximum atomic E-state index is 11.9. The van der Waals surface area contributed by atoms with Crippen LogP contribution in [0.5, 0.6) is 0 Å². The molecule has 0 heterocycles. The molecule has 0 aromatic rings. The summed E-state index contributed by atoms with van der Waals surface area (Å²) in [5.41, 5.74) is -1.76. The van der Waals surface area contributed by atoms with E-state index in [0.717, 1.165) is 18.8 Å². The summed E-state index contributed by atoms with van der Waals surface area (Å²) in [6, 6.07) is 0. The van der Waals surface area contributed by atoms with E-state index in [2.05, 4.69) is 13.8 Å². The third-order valence-corrected chi connectivity index (χ3v) is 5.37. The number of hydrogen-bond donors (Lipinski definition) is 1. The van der Waals surface area contributed by atoms with Crippen LogP contribution in [-0.2, 0) is 14.3 Å². The number of aliphatic hydroxyl groups excluding tert-OH is 1. The summed E-state index contributed by atoms with van der Waals surface area (Å²) in [6.07, 6.45) is 15.1. The molecule has 0 aromatic heterocycles. The molecule has 0 aliphatic carbocycles. The summed E-state index contributed by atoms with van der Waals surface area (Å²) in [5, 5.41) is 20.6. The van der Waals surface area contributed by atoms with Gasteiger partial charge in [0.25, 0.3) is 0 Å². The van der Waals surface area contributed by atoms with E-state index < -0.39 is 23.6 Å². The smallest absolute Gasteiger partial charge is 0.546 e. The van der Waals surface area contributed by atoms with E-state index in [9.17, 15) is 19.8 Å². The fourth-order valence-electron chi connectivity index (χ4n) is 3.62. The number of carboxylic acid groups (broad SMARTS) is 1. The number of esters is 1. The second-order valence-electron chi connectivity index (χ2n) is 9.22. The van der Waals surface area contributed by atoms with Gasteiger partial charge in [0, 0.05) is 12.8 Å². The van der Waals surface area contributed by atoms with Crippen LogP contribution in [0.1, 0.15) is 124 Å². The number of ether oxygens (including phenoxy) is 1. The van der Waals surface area contributed by atoms with Gasteiger partial charge in [0.2, 0.25) is 0 Å². The molecular formula is C24H45NaO5. The van der Waals surface area contributed by atoms with Crippen LogP contribution in [0.25, 0.3) is 0 Å². The van der Waals surface area contributed by atoms with E-state index in [1.165, 1.54) is 78.1 Å². The Hall–Kier alpha value is -0.100. The quantitative estimate of drug-likeness (QED) is 0.190. The zero-order chi connectivity index (χ0) is 22.1. The first-order valence-corrected chi connectivity index (χ1v) is 11.8. The van der Waals surface area contributed by atoms with Gasteiger partial charge in [0.15, 0.2) is 5.60 Å². The number of hydrogen-bond acceptors (Lipinski definition) is 5. The molecule has 0 bridgehead atoms. The summed E-state index contributed by atoms with van der Waals surface area (Å²) in [6.45, 7) is 7.32. The molecule has 0 aromatic carbocycles. The molecule has 2 unspecified atom stereocenters. The van der Waals surface area contributed by atoms with Crippen LogP contribution >= 0.6 is 0 Å². The fourth-order valence-corrected chi connectivity index (χ4v) is 3.62. The molecule has 0 aliphatic rings. The Bertz CT molecular complexity index is 439. The first-order valence-electron chi connectivity index (χ1n) is 11.8. The molecule has 0 rings (SSSR count). The van der Waals surface area contributed by atoms with E-state index in [4.69, 9.17) is 4.74 Å². The molecule has 0 aliphatic heterocycles. The average molecular weight is 437 g/mol. The van der Waals surface area contributed by atoms with Crippen molar-refractivity contribution in [1.82, 2.24) is 0 Å². The Kier molecular flexibility index (Phi) is 20.9. The van der Waals surface area contributed by atoms with Crippen molar-refractivity contribution in [3.63, 3.8) is 0 Å². The Morgan fingerprint density at radius 1 is 0.833 bits per heavy atom. The van der Waals surface area contributed by atoms with Crippen molar-refractivity contribution in [3.05, 3.63) is 0 Å². The van der Waals surface area contributed by atoms with Crippen LogP contribution in [-0.4, -0.2) is 28.8 Å². The van der Waals surface area contributed by atoms with Gasteiger partial charge in [0.05, 0.1) is 12.1 Å². The van der Waals surface area contributed by atoms with Gasteiger partial charge in [-0.15, -0.1) is 0 Å². The largest absolute Gasteiger partial charge is 1.00 e. The number of carbonyl (C=O) groups excluding carboxylic acids is 2. The Morgan fingerprint density at radius 3 is 1.60 bits per heavy atom. The first-order chi connectivity index (χ1) is 13.7. The normalized spacial score (nSPS) is 14.1. The predicted octanol–water partition coefficient (Wildman–Crippen LogP) is 1.93. The Balaban J connectivity index is 0. The minimum absolute atomic E-state index is 0. The zero-order valence-corrected chi connectivity index (χ0v) is 22.3. The summed E-state index contributed by atoms with van der Waals surface area (Å²) in [4.78, 5) is 23.1. The molecule has 0 saturated carbocycles. The van der Waals surface area contributed by atoms with E-state index in [0.29, 0.717) is 6.42 Å². The van der Waals surface area contributed by atoms with Gasteiger partial charge in [-0.25, -0.2) is 0 Å². The predicted molar refractivity (Wildman–Crippen MR) is 115 cm³/mol. The van der Waals surface area contributed by atoms with Gasteiger partial charge < -0.3 is 19.7 Å². The first kappa shape index (κ1) is 32.1. The fraction of sp³-hybridized carbons (Fsp3) is 0.917. The number of unbranched alkanes of at least 4 members (excludes halogenated alkanes) is 11. The molecule has 0 radical (unpaired) electrons. The van der Waals surface area contributed by atoms with Crippen molar-refractivity contribution in [1.29, 1.82) is 0 Å². The molecule has 5 nitrogen and oxygen atoms in total. The summed E-state index contributed by atoms with van der Waals surface area (Å²) < 4.78 is 5.07. The molecule has 0 fully saturated rings. The van der Waals surface area contributed by atoms with Crippen LogP contribution < -0.4 is 34.7 Å². The minimum Gasteiger partial charge on any atom is -0.546 e. The third-order valence-electron chi connectivity index (χ3n) is 5.37. The van der Waals surface area contributed by atoms with Crippen molar-refractivity contribution < 1.29 is 54.1 Å². The number of aliphatic hydroxyl groups is 1. The van der Waals surface area contributed by atoms with E-state index in [1.807, 2.05) is 0 Å². The summed E-state index contributed by atoms with van der Waals surface area (Å²) in [7, 11) is 0. The number of aliphatic carboxylic acids is 1. The second kappa shape index (κ2) is 19.6. The average Bonchev–Trinajstić information content (AvgIpc) is 2.60. The van der Waals surface area contributed by atoms with E-state index in [-0.39, 0.29) is 42.4 Å². The van der Waals surface area contributed by atoms with Crippen molar-refractivity contribution >= 4 is 11.9 Å². The van der Waals surface area contributed by atoms with E-state index >= 15 is 0 Å². The molecule has 2 atom stereocenters. The van der Waals surface area contributed by atoms with Gasteiger partial charge in [0.1, 0.15) is 0 Å². The van der Waals surface area contributed by atoms with Gasteiger partial charge >= 0.3 is 35.5 Å². The molecule has 172 valence electrons. The Morgan fingerprint density at radius 2 is 1.23 bits per heavy atom. The third kappa shape index (κ3) is 18.7. The zero-order valence-electron chi connectivity index (χ0n) is 20.3. The maximum absolute atomic E-state index is 11.9. The topological polar surface area (TPSA) is 86.7 Å². The number of carboxylic acids is 1. The van der Waals surface area contributed by atoms with Crippen molar-refractivity contribution in [2.75, 3.05) is 0 Å². The molecular weight excluding hydrogens is 391 g/mol. The molecule has 1 N–H and O–H groups in total. The van der Waals surface area contributed by atoms with Crippen molar-refractivity contribution in [2.45, 2.75) is 136 Å². The van der Waals surface area contributed by atoms with E-state index in [1.54, 1.807) is 0 Å². The standard InChI is InChI=1S/C24H46O5.Na/c1-20(2)17-15-13-11-9-7-5-6-8-10-12-14-16-18-22(26)29-24(4,23(27)28)19-21(3)25;/h20-21,25H,5-19H2,1-4H3,(H,27,28);/q;+1/p-1. The summed E-state index contributed by atoms with van der Waals surface area (Å²) >= 11 is 0. The van der Waals surface area contributed by atoms with Crippen LogP contribution in [0.2, 0.25) is 0 Å². The monoisotopic (exact) mass is 436 g/mol. The molecule has 0 amide bonds. The van der Waals surface area contributed by atoms with Crippen LogP contribution in [0.3, 0.4) is 0 Å². The number of rotatable bonds is 19. The van der Waals surface area contributed by atoms with Crippen LogP contribution in [0.4, 0.5) is 0 Å². The van der Waals surface area contributed by atoms with Crippen molar-refractivity contribution in [2.24, 2.45) is 5.92 Å². The van der Waals surface area contributed by atoms with Gasteiger partial charge in [-0.2, -0.15) is 0 Å². The summed E-state index contributed by atoms with van der Waals surface area (Å²) in [5.74, 6) is -1.17. The van der Waals surface area contributed by atoms with Gasteiger partial charge in [-0.3, -0.25) is 4.79 Å². The van der Waals surface area contributed by atoms with Crippen molar-refractivity contribution in [3.8, 4) is 0 Å². The molecule has 30 heavy (non-hydrogen) atoms. The van der Waals surface area contributed by atoms with Gasteiger partial charge in [-0.05, 0) is 26.2 Å². The second-order valence-corrected chi connectivity index (χ2v) is 9.22. The number of carbonyl (C=O) groups is 2. The molecule has 6 heteroatoms. The van der Waals surface area contributed by atoms with Gasteiger partial charge in [-0.1, -0.05) is 90.9 Å². The van der Waals surface area contributed by atoms with Crippen LogP contribution in [0.15, 0.2) is 0 Å². The Labute approximate surface area is 207 Å². The maximum Gasteiger partial charge on any atom is 1.00 e. The minimum atomic E-state index is -1.76.